The number of hydrogen-bond donors (Lipinski definition) is 0. The molecule has 134 valence electrons. The van der Waals surface area contributed by atoms with Crippen LogP contribution < -0.4 is 0 Å². The normalized spacial score (nSPS) is 15.5. The standard InChI is InChI=1S/C19H22N6O/c1-14-12-20-13-17(21-14)15-6-9-24(10-7-15)19(26)8-11-25-18-5-3-2-4-16(18)22-23-25/h2-5,12-13,15H,6-11H2,1H3. The number of para-hydroxylation sites is 1. The van der Waals surface area contributed by atoms with Gasteiger partial charge in [0.1, 0.15) is 5.52 Å². The Bertz CT molecular complexity index is 913. The van der Waals surface area contributed by atoms with Gasteiger partial charge in [0.2, 0.25) is 5.91 Å². The lowest BCUT2D eigenvalue weighted by Gasteiger charge is -2.31. The highest BCUT2D eigenvalue weighted by Crippen LogP contribution is 2.26. The van der Waals surface area contributed by atoms with Gasteiger partial charge >= 0.3 is 0 Å². The summed E-state index contributed by atoms with van der Waals surface area (Å²) < 4.78 is 1.81. The topological polar surface area (TPSA) is 76.8 Å². The molecule has 1 aromatic carbocycles. The molecule has 0 spiro atoms. The third-order valence-corrected chi connectivity index (χ3v) is 5.00. The summed E-state index contributed by atoms with van der Waals surface area (Å²) in [6.45, 7) is 4.07. The van der Waals surface area contributed by atoms with Gasteiger partial charge in [0, 0.05) is 37.8 Å². The molecule has 0 radical (unpaired) electrons. The number of benzene rings is 1. The number of fused-ring (bicyclic) bond motifs is 1. The molecule has 1 saturated heterocycles. The first-order valence-electron chi connectivity index (χ1n) is 9.05. The van der Waals surface area contributed by atoms with Crippen LogP contribution in [0, 0.1) is 6.92 Å². The summed E-state index contributed by atoms with van der Waals surface area (Å²) in [4.78, 5) is 23.3. The maximum Gasteiger partial charge on any atom is 0.224 e. The van der Waals surface area contributed by atoms with Gasteiger partial charge < -0.3 is 4.90 Å². The zero-order chi connectivity index (χ0) is 17.9. The first-order valence-corrected chi connectivity index (χ1v) is 9.05. The number of carbonyl (C=O) groups is 1. The van der Waals surface area contributed by atoms with Crippen molar-refractivity contribution >= 4 is 16.9 Å². The average Bonchev–Trinajstić information content (AvgIpc) is 3.09. The highest BCUT2D eigenvalue weighted by Gasteiger charge is 2.24. The fraction of sp³-hybridized carbons (Fsp3) is 0.421. The second-order valence-corrected chi connectivity index (χ2v) is 6.79. The van der Waals surface area contributed by atoms with Gasteiger partial charge in [-0.3, -0.25) is 14.8 Å². The molecule has 1 aliphatic rings. The predicted octanol–water partition coefficient (Wildman–Crippen LogP) is 2.33. The van der Waals surface area contributed by atoms with Crippen molar-refractivity contribution < 1.29 is 4.79 Å². The Morgan fingerprint density at radius 3 is 2.81 bits per heavy atom. The molecule has 7 heteroatoms. The van der Waals surface area contributed by atoms with Crippen LogP contribution >= 0.6 is 0 Å². The van der Waals surface area contributed by atoms with Gasteiger partial charge in [0.05, 0.1) is 23.4 Å². The molecule has 0 atom stereocenters. The molecule has 0 bridgehead atoms. The second-order valence-electron chi connectivity index (χ2n) is 6.79. The SMILES string of the molecule is Cc1cncc(C2CCN(C(=O)CCn3nnc4ccccc43)CC2)n1. The summed E-state index contributed by atoms with van der Waals surface area (Å²) in [5.74, 6) is 0.573. The van der Waals surface area contributed by atoms with Crippen LogP contribution in [-0.2, 0) is 11.3 Å². The van der Waals surface area contributed by atoms with Crippen LogP contribution in [0.15, 0.2) is 36.7 Å². The number of hydrogen-bond acceptors (Lipinski definition) is 5. The number of carbonyl (C=O) groups excluding carboxylic acids is 1. The van der Waals surface area contributed by atoms with E-state index in [0.29, 0.717) is 18.9 Å². The Kier molecular flexibility index (Phi) is 4.60. The zero-order valence-corrected chi connectivity index (χ0v) is 14.9. The highest BCUT2D eigenvalue weighted by molar-refractivity contribution is 5.77. The van der Waals surface area contributed by atoms with E-state index in [2.05, 4.69) is 20.3 Å². The Balaban J connectivity index is 1.32. The van der Waals surface area contributed by atoms with Gasteiger partial charge in [-0.05, 0) is 31.9 Å². The summed E-state index contributed by atoms with van der Waals surface area (Å²) >= 11 is 0. The second kappa shape index (κ2) is 7.19. The lowest BCUT2D eigenvalue weighted by molar-refractivity contribution is -0.132. The zero-order valence-electron chi connectivity index (χ0n) is 14.9. The molecule has 7 nitrogen and oxygen atoms in total. The minimum Gasteiger partial charge on any atom is -0.343 e. The van der Waals surface area contributed by atoms with Crippen molar-refractivity contribution in [2.45, 2.75) is 38.6 Å². The summed E-state index contributed by atoms with van der Waals surface area (Å²) in [5, 5.41) is 8.29. The summed E-state index contributed by atoms with van der Waals surface area (Å²) in [7, 11) is 0. The largest absolute Gasteiger partial charge is 0.343 e. The van der Waals surface area contributed by atoms with E-state index in [-0.39, 0.29) is 5.91 Å². The van der Waals surface area contributed by atoms with Gasteiger partial charge in [-0.2, -0.15) is 0 Å². The van der Waals surface area contributed by atoms with Crippen molar-refractivity contribution in [3.05, 3.63) is 48.0 Å². The minimum atomic E-state index is 0.179. The summed E-state index contributed by atoms with van der Waals surface area (Å²) in [5.41, 5.74) is 3.82. The van der Waals surface area contributed by atoms with Crippen LogP contribution in [0.25, 0.3) is 11.0 Å². The molecular weight excluding hydrogens is 328 g/mol. The number of amides is 1. The van der Waals surface area contributed by atoms with E-state index in [1.807, 2.05) is 47.0 Å². The van der Waals surface area contributed by atoms with E-state index >= 15 is 0 Å². The monoisotopic (exact) mass is 350 g/mol. The number of rotatable bonds is 4. The maximum absolute atomic E-state index is 12.6. The molecule has 26 heavy (non-hydrogen) atoms. The smallest absolute Gasteiger partial charge is 0.224 e. The molecule has 3 aromatic rings. The minimum absolute atomic E-state index is 0.179. The number of likely N-dealkylation sites (tertiary alicyclic amines) is 1. The van der Waals surface area contributed by atoms with Crippen LogP contribution in [0.3, 0.4) is 0 Å². The molecule has 3 heterocycles. The number of piperidine rings is 1. The first-order chi connectivity index (χ1) is 12.7. The fourth-order valence-corrected chi connectivity index (χ4v) is 3.55. The van der Waals surface area contributed by atoms with E-state index in [9.17, 15) is 4.79 Å². The van der Waals surface area contributed by atoms with Crippen molar-refractivity contribution in [2.75, 3.05) is 13.1 Å². The van der Waals surface area contributed by atoms with Gasteiger partial charge in [-0.25, -0.2) is 4.68 Å². The van der Waals surface area contributed by atoms with Crippen LogP contribution in [0.1, 0.15) is 36.6 Å². The lowest BCUT2D eigenvalue weighted by atomic mass is 9.93. The van der Waals surface area contributed by atoms with Crippen molar-refractivity contribution in [1.29, 1.82) is 0 Å². The van der Waals surface area contributed by atoms with Crippen LogP contribution in [0.2, 0.25) is 0 Å². The highest BCUT2D eigenvalue weighted by atomic mass is 16.2. The lowest BCUT2D eigenvalue weighted by Crippen LogP contribution is -2.38. The van der Waals surface area contributed by atoms with Crippen molar-refractivity contribution in [3.8, 4) is 0 Å². The van der Waals surface area contributed by atoms with E-state index in [1.54, 1.807) is 6.20 Å². The van der Waals surface area contributed by atoms with Crippen molar-refractivity contribution in [1.82, 2.24) is 29.9 Å². The molecule has 0 unspecified atom stereocenters. The maximum atomic E-state index is 12.6. The van der Waals surface area contributed by atoms with E-state index < -0.39 is 0 Å². The van der Waals surface area contributed by atoms with E-state index in [0.717, 1.165) is 48.4 Å². The fourth-order valence-electron chi connectivity index (χ4n) is 3.55. The third kappa shape index (κ3) is 3.42. The Morgan fingerprint density at radius 2 is 2.00 bits per heavy atom. The van der Waals surface area contributed by atoms with Crippen molar-refractivity contribution in [3.63, 3.8) is 0 Å². The Morgan fingerprint density at radius 1 is 1.19 bits per heavy atom. The van der Waals surface area contributed by atoms with Crippen molar-refractivity contribution in [2.24, 2.45) is 0 Å². The molecule has 0 N–H and O–H groups in total. The Hall–Kier alpha value is -2.83. The van der Waals surface area contributed by atoms with Crippen LogP contribution in [0.4, 0.5) is 0 Å². The van der Waals surface area contributed by atoms with Gasteiger partial charge in [0.25, 0.3) is 0 Å². The molecule has 1 fully saturated rings. The third-order valence-electron chi connectivity index (χ3n) is 5.00. The van der Waals surface area contributed by atoms with E-state index in [4.69, 9.17) is 0 Å². The van der Waals surface area contributed by atoms with E-state index in [1.165, 1.54) is 0 Å². The molecule has 0 aliphatic carbocycles. The Labute approximate surface area is 152 Å². The molecule has 2 aromatic heterocycles. The van der Waals surface area contributed by atoms with Gasteiger partial charge in [-0.15, -0.1) is 5.10 Å². The number of nitrogens with zero attached hydrogens (tertiary/aromatic N) is 6. The van der Waals surface area contributed by atoms with Crippen LogP contribution in [0.5, 0.6) is 0 Å². The molecule has 0 saturated carbocycles. The first kappa shape index (κ1) is 16.6. The quantitative estimate of drug-likeness (QED) is 0.722. The molecule has 1 amide bonds. The number of aromatic nitrogens is 5. The van der Waals surface area contributed by atoms with Crippen LogP contribution in [-0.4, -0.2) is 48.9 Å². The molecule has 4 rings (SSSR count). The molecule has 1 aliphatic heterocycles. The van der Waals surface area contributed by atoms with Gasteiger partial charge in [-0.1, -0.05) is 17.3 Å². The predicted molar refractivity (Wildman–Crippen MR) is 97.5 cm³/mol. The average molecular weight is 350 g/mol. The summed E-state index contributed by atoms with van der Waals surface area (Å²) in [6.07, 6.45) is 5.95. The number of aryl methyl sites for hydroxylation is 2. The summed E-state index contributed by atoms with van der Waals surface area (Å²) in [6, 6.07) is 7.81. The van der Waals surface area contributed by atoms with Gasteiger partial charge in [0.15, 0.2) is 0 Å². The molecular formula is C19H22N6O.